The predicted octanol–water partition coefficient (Wildman–Crippen LogP) is 5.05. The van der Waals surface area contributed by atoms with Crippen molar-refractivity contribution in [1.82, 2.24) is 10.2 Å². The van der Waals surface area contributed by atoms with Crippen LogP contribution in [0.3, 0.4) is 0 Å². The Kier molecular flexibility index (Phi) is 10.1. The normalized spacial score (nSPS) is 18.3. The molecule has 2 fully saturated rings. The van der Waals surface area contributed by atoms with Crippen LogP contribution in [0, 0.1) is 5.92 Å². The number of piperidine rings is 1. The minimum atomic E-state index is -5.06. The maximum atomic E-state index is 12.8. The molecule has 0 bridgehead atoms. The number of hydrogen-bond acceptors (Lipinski definition) is 4. The fourth-order valence-electron chi connectivity index (χ4n) is 4.45. The number of halogens is 5. The van der Waals surface area contributed by atoms with E-state index in [9.17, 15) is 22.8 Å². The van der Waals surface area contributed by atoms with Crippen molar-refractivity contribution >= 4 is 41.5 Å². The molecule has 2 N–H and O–H groups in total. The van der Waals surface area contributed by atoms with Gasteiger partial charge in [-0.2, -0.15) is 13.2 Å². The summed E-state index contributed by atoms with van der Waals surface area (Å²) in [6.07, 6.45) is 3.18. The van der Waals surface area contributed by atoms with Gasteiger partial charge in [0.15, 0.2) is 0 Å². The smallest absolute Gasteiger partial charge is 0.471 e. The van der Waals surface area contributed by atoms with Gasteiger partial charge in [0, 0.05) is 31.7 Å². The highest BCUT2D eigenvalue weighted by atomic mass is 35.5. The van der Waals surface area contributed by atoms with Gasteiger partial charge in [-0.1, -0.05) is 30.9 Å². The first-order valence-electron chi connectivity index (χ1n) is 11.0. The van der Waals surface area contributed by atoms with Gasteiger partial charge in [-0.15, -0.1) is 12.4 Å². The molecular weight excluding hydrogens is 482 g/mol. The lowest BCUT2D eigenvalue weighted by Gasteiger charge is -2.35. The summed E-state index contributed by atoms with van der Waals surface area (Å²) in [5.41, 5.74) is -0.175. The number of anilines is 1. The van der Waals surface area contributed by atoms with Gasteiger partial charge < -0.3 is 20.3 Å². The highest BCUT2D eigenvalue weighted by Gasteiger charge is 2.39. The van der Waals surface area contributed by atoms with E-state index in [1.54, 1.807) is 5.32 Å². The van der Waals surface area contributed by atoms with Crippen molar-refractivity contribution in [3.05, 3.63) is 22.7 Å². The molecule has 1 aliphatic carbocycles. The molecule has 6 nitrogen and oxygen atoms in total. The molecule has 1 aromatic rings. The van der Waals surface area contributed by atoms with E-state index >= 15 is 0 Å². The molecule has 1 heterocycles. The number of amides is 2. The van der Waals surface area contributed by atoms with E-state index < -0.39 is 18.0 Å². The molecular formula is C22H30Cl2F3N3O3. The zero-order valence-electron chi connectivity index (χ0n) is 18.5. The van der Waals surface area contributed by atoms with Gasteiger partial charge >= 0.3 is 12.1 Å². The van der Waals surface area contributed by atoms with Gasteiger partial charge in [0.25, 0.3) is 5.91 Å². The molecule has 2 aliphatic rings. The van der Waals surface area contributed by atoms with Gasteiger partial charge in [0.2, 0.25) is 0 Å². The highest BCUT2D eigenvalue weighted by Crippen LogP contribution is 2.32. The van der Waals surface area contributed by atoms with Crippen molar-refractivity contribution in [1.29, 1.82) is 0 Å². The zero-order valence-corrected chi connectivity index (χ0v) is 20.0. The summed E-state index contributed by atoms with van der Waals surface area (Å²) < 4.78 is 42.7. The summed E-state index contributed by atoms with van der Waals surface area (Å²) in [5, 5.41) is 4.49. The third-order valence-corrected chi connectivity index (χ3v) is 6.52. The maximum Gasteiger partial charge on any atom is 0.471 e. The van der Waals surface area contributed by atoms with Crippen LogP contribution in [0.15, 0.2) is 12.1 Å². The van der Waals surface area contributed by atoms with Crippen LogP contribution < -0.4 is 15.4 Å². The van der Waals surface area contributed by atoms with E-state index in [0.717, 1.165) is 44.5 Å². The number of alkyl halides is 3. The van der Waals surface area contributed by atoms with Gasteiger partial charge in [-0.05, 0) is 37.7 Å². The highest BCUT2D eigenvalue weighted by molar-refractivity contribution is 6.34. The predicted molar refractivity (Wildman–Crippen MR) is 123 cm³/mol. The van der Waals surface area contributed by atoms with E-state index in [1.807, 2.05) is 0 Å². The number of ether oxygens (including phenoxy) is 1. The molecule has 33 heavy (non-hydrogen) atoms. The Morgan fingerprint density at radius 2 is 1.76 bits per heavy atom. The Balaban J connectivity index is 0.00000385. The van der Waals surface area contributed by atoms with Crippen LogP contribution in [0.1, 0.15) is 55.3 Å². The Morgan fingerprint density at radius 1 is 1.12 bits per heavy atom. The van der Waals surface area contributed by atoms with E-state index in [1.165, 1.54) is 45.3 Å². The molecule has 3 rings (SSSR count). The molecule has 1 aliphatic heterocycles. The second kappa shape index (κ2) is 12.1. The topological polar surface area (TPSA) is 70.7 Å². The number of carbonyl (C=O) groups is 2. The molecule has 0 aromatic heterocycles. The van der Waals surface area contributed by atoms with Crippen molar-refractivity contribution < 1.29 is 27.5 Å². The van der Waals surface area contributed by atoms with Gasteiger partial charge in [0.05, 0.1) is 23.4 Å². The summed E-state index contributed by atoms with van der Waals surface area (Å²) in [5.74, 6) is -1.77. The summed E-state index contributed by atoms with van der Waals surface area (Å²) in [7, 11) is 1.29. The van der Waals surface area contributed by atoms with Crippen molar-refractivity contribution in [2.24, 2.45) is 5.92 Å². The van der Waals surface area contributed by atoms with E-state index in [4.69, 9.17) is 16.3 Å². The van der Waals surface area contributed by atoms with Crippen molar-refractivity contribution in [3.8, 4) is 5.75 Å². The van der Waals surface area contributed by atoms with Gasteiger partial charge in [-0.3, -0.25) is 9.59 Å². The standard InChI is InChI=1S/C22H29ClF3N3O3.ClH/c1-32-19-12-18(28-21(31)22(24,25)26)17(23)11-16(19)20(30)27-15-7-9-29(10-8-15)13-14-5-3-2-4-6-14;/h11-12,14-15H,2-10,13H2,1H3,(H,27,30)(H,28,31);1H. The molecule has 1 aromatic carbocycles. The largest absolute Gasteiger partial charge is 0.496 e. The van der Waals surface area contributed by atoms with Crippen LogP contribution in [0.2, 0.25) is 5.02 Å². The summed E-state index contributed by atoms with van der Waals surface area (Å²) in [4.78, 5) is 26.5. The van der Waals surface area contributed by atoms with Crippen LogP contribution in [-0.4, -0.2) is 55.7 Å². The van der Waals surface area contributed by atoms with E-state index in [-0.39, 0.29) is 40.5 Å². The molecule has 11 heteroatoms. The number of hydrogen-bond donors (Lipinski definition) is 2. The lowest BCUT2D eigenvalue weighted by molar-refractivity contribution is -0.167. The third kappa shape index (κ3) is 7.65. The van der Waals surface area contributed by atoms with E-state index in [0.29, 0.717) is 0 Å². The number of nitrogens with one attached hydrogen (secondary N) is 2. The summed E-state index contributed by atoms with van der Waals surface area (Å²) >= 11 is 6.03. The van der Waals surface area contributed by atoms with Gasteiger partial charge in [-0.25, -0.2) is 0 Å². The SMILES string of the molecule is COc1cc(NC(=O)C(F)(F)F)c(Cl)cc1C(=O)NC1CCN(CC2CCCCC2)CC1.Cl. The molecule has 2 amide bonds. The first-order valence-corrected chi connectivity index (χ1v) is 11.3. The number of methoxy groups -OCH3 is 1. The fourth-order valence-corrected chi connectivity index (χ4v) is 4.66. The lowest BCUT2D eigenvalue weighted by atomic mass is 9.88. The van der Waals surface area contributed by atoms with Crippen molar-refractivity contribution in [2.75, 3.05) is 32.1 Å². The molecule has 0 radical (unpaired) electrons. The minimum absolute atomic E-state index is 0. The molecule has 186 valence electrons. The minimum Gasteiger partial charge on any atom is -0.496 e. The van der Waals surface area contributed by atoms with Crippen molar-refractivity contribution in [2.45, 2.75) is 57.2 Å². The van der Waals surface area contributed by atoms with Crippen LogP contribution in [0.25, 0.3) is 0 Å². The lowest BCUT2D eigenvalue weighted by Crippen LogP contribution is -2.46. The maximum absolute atomic E-state index is 12.8. The number of likely N-dealkylation sites (tertiary alicyclic amines) is 1. The first-order chi connectivity index (χ1) is 15.2. The Labute approximate surface area is 203 Å². The number of benzene rings is 1. The number of nitrogens with zero attached hydrogens (tertiary/aromatic N) is 1. The molecule has 0 unspecified atom stereocenters. The monoisotopic (exact) mass is 511 g/mol. The van der Waals surface area contributed by atoms with E-state index in [2.05, 4.69) is 10.2 Å². The fraction of sp³-hybridized carbons (Fsp3) is 0.636. The Bertz CT molecular complexity index is 825. The second-order valence-electron chi connectivity index (χ2n) is 8.54. The third-order valence-electron chi connectivity index (χ3n) is 6.20. The quantitative estimate of drug-likeness (QED) is 0.560. The second-order valence-corrected chi connectivity index (χ2v) is 8.94. The van der Waals surface area contributed by atoms with Crippen LogP contribution >= 0.6 is 24.0 Å². The average Bonchev–Trinajstić information content (AvgIpc) is 2.76. The summed E-state index contributed by atoms with van der Waals surface area (Å²) in [6.45, 7) is 2.96. The van der Waals surface area contributed by atoms with Crippen LogP contribution in [0.4, 0.5) is 18.9 Å². The summed E-state index contributed by atoms with van der Waals surface area (Å²) in [6, 6.07) is 2.33. The number of rotatable bonds is 6. The molecule has 1 saturated heterocycles. The zero-order chi connectivity index (χ0) is 23.3. The first kappa shape index (κ1) is 27.5. The number of carbonyl (C=O) groups excluding carboxylic acids is 2. The van der Waals surface area contributed by atoms with Crippen LogP contribution in [0.5, 0.6) is 5.75 Å². The van der Waals surface area contributed by atoms with Crippen molar-refractivity contribution in [3.63, 3.8) is 0 Å². The molecule has 0 atom stereocenters. The average molecular weight is 512 g/mol. The van der Waals surface area contributed by atoms with Gasteiger partial charge in [0.1, 0.15) is 5.75 Å². The molecule has 0 spiro atoms. The molecule has 1 saturated carbocycles. The Morgan fingerprint density at radius 3 is 2.33 bits per heavy atom. The van der Waals surface area contributed by atoms with Crippen LogP contribution in [-0.2, 0) is 4.79 Å². The Hall–Kier alpha value is -1.71.